The van der Waals surface area contributed by atoms with E-state index >= 15 is 0 Å². The van der Waals surface area contributed by atoms with Crippen LogP contribution in [0.25, 0.3) is 5.69 Å². The van der Waals surface area contributed by atoms with E-state index in [0.29, 0.717) is 6.54 Å². The standard InChI is InChI=1S/C22H26N4O/c1-16-21(17(2)26(24-16)20-13-9-6-10-14-20)15-25(4)18(3)22(27)23-19-11-7-5-8-12-19/h5-14,18H,15H2,1-4H3,(H,23,27)/t18-/m0/s1. The minimum absolute atomic E-state index is 0.0190. The topological polar surface area (TPSA) is 50.2 Å². The van der Waals surface area contributed by atoms with Gasteiger partial charge in [0.2, 0.25) is 5.91 Å². The SMILES string of the molecule is Cc1nn(-c2ccccc2)c(C)c1CN(C)[C@@H](C)C(=O)Nc1ccccc1. The first-order chi connectivity index (χ1) is 13.0. The summed E-state index contributed by atoms with van der Waals surface area (Å²) in [4.78, 5) is 14.6. The van der Waals surface area contributed by atoms with E-state index in [1.807, 2.05) is 91.1 Å². The summed E-state index contributed by atoms with van der Waals surface area (Å²) in [6.45, 7) is 6.67. The molecular weight excluding hydrogens is 336 g/mol. The fourth-order valence-electron chi connectivity index (χ4n) is 3.08. The average molecular weight is 362 g/mol. The number of hydrogen-bond acceptors (Lipinski definition) is 3. The van der Waals surface area contributed by atoms with Gasteiger partial charge in [-0.05, 0) is 52.1 Å². The Morgan fingerprint density at radius 2 is 1.67 bits per heavy atom. The molecule has 0 aliphatic rings. The van der Waals surface area contributed by atoms with Crippen LogP contribution in [0.2, 0.25) is 0 Å². The largest absolute Gasteiger partial charge is 0.325 e. The van der Waals surface area contributed by atoms with Crippen LogP contribution in [0, 0.1) is 13.8 Å². The van der Waals surface area contributed by atoms with Crippen LogP contribution in [0.1, 0.15) is 23.9 Å². The van der Waals surface area contributed by atoms with E-state index in [1.54, 1.807) is 0 Å². The zero-order valence-corrected chi connectivity index (χ0v) is 16.3. The summed E-state index contributed by atoms with van der Waals surface area (Å²) in [5.41, 5.74) is 5.09. The van der Waals surface area contributed by atoms with Crippen molar-refractivity contribution in [3.63, 3.8) is 0 Å². The molecule has 0 aliphatic heterocycles. The highest BCUT2D eigenvalue weighted by atomic mass is 16.2. The number of anilines is 1. The molecule has 0 saturated carbocycles. The third-order valence-corrected chi connectivity index (χ3v) is 4.93. The smallest absolute Gasteiger partial charge is 0.241 e. The number of para-hydroxylation sites is 2. The van der Waals surface area contributed by atoms with Crippen LogP contribution in [0.4, 0.5) is 5.69 Å². The summed E-state index contributed by atoms with van der Waals surface area (Å²) in [5.74, 6) is -0.0190. The van der Waals surface area contributed by atoms with Crippen molar-refractivity contribution in [3.8, 4) is 5.69 Å². The maximum Gasteiger partial charge on any atom is 0.241 e. The Hall–Kier alpha value is -2.92. The normalized spacial score (nSPS) is 12.2. The van der Waals surface area contributed by atoms with Crippen LogP contribution in [-0.4, -0.2) is 33.7 Å². The molecule has 140 valence electrons. The van der Waals surface area contributed by atoms with Crippen LogP contribution < -0.4 is 5.32 Å². The summed E-state index contributed by atoms with van der Waals surface area (Å²) < 4.78 is 1.97. The van der Waals surface area contributed by atoms with Crippen molar-refractivity contribution in [2.24, 2.45) is 0 Å². The quantitative estimate of drug-likeness (QED) is 0.722. The van der Waals surface area contributed by atoms with E-state index in [2.05, 4.69) is 12.2 Å². The minimum Gasteiger partial charge on any atom is -0.325 e. The first-order valence-electron chi connectivity index (χ1n) is 9.14. The lowest BCUT2D eigenvalue weighted by molar-refractivity contribution is -0.120. The fraction of sp³-hybridized carbons (Fsp3) is 0.273. The van der Waals surface area contributed by atoms with Crippen LogP contribution in [-0.2, 0) is 11.3 Å². The van der Waals surface area contributed by atoms with Crippen LogP contribution in [0.15, 0.2) is 60.7 Å². The van der Waals surface area contributed by atoms with Gasteiger partial charge in [-0.15, -0.1) is 0 Å². The van der Waals surface area contributed by atoms with Gasteiger partial charge in [0, 0.05) is 23.5 Å². The Morgan fingerprint density at radius 1 is 1.07 bits per heavy atom. The van der Waals surface area contributed by atoms with Gasteiger partial charge in [0.05, 0.1) is 17.4 Å². The third-order valence-electron chi connectivity index (χ3n) is 4.93. The summed E-state index contributed by atoms with van der Waals surface area (Å²) in [5, 5.41) is 7.66. The first kappa shape index (κ1) is 18.9. The van der Waals surface area contributed by atoms with Gasteiger partial charge >= 0.3 is 0 Å². The molecular formula is C22H26N4O. The number of carbonyl (C=O) groups excluding carboxylic acids is 1. The zero-order chi connectivity index (χ0) is 19.4. The highest BCUT2D eigenvalue weighted by Crippen LogP contribution is 2.20. The minimum atomic E-state index is -0.260. The van der Waals surface area contributed by atoms with Gasteiger partial charge in [-0.2, -0.15) is 5.10 Å². The molecule has 0 bridgehead atoms. The predicted octanol–water partition coefficient (Wildman–Crippen LogP) is 3.95. The molecule has 0 saturated heterocycles. The van der Waals surface area contributed by atoms with Crippen molar-refractivity contribution < 1.29 is 4.79 Å². The lowest BCUT2D eigenvalue weighted by Gasteiger charge is -2.24. The van der Waals surface area contributed by atoms with Crippen molar-refractivity contribution >= 4 is 11.6 Å². The number of aromatic nitrogens is 2. The Kier molecular flexibility index (Phi) is 5.72. The van der Waals surface area contributed by atoms with Crippen molar-refractivity contribution in [2.75, 3.05) is 12.4 Å². The van der Waals surface area contributed by atoms with Gasteiger partial charge in [-0.1, -0.05) is 36.4 Å². The zero-order valence-electron chi connectivity index (χ0n) is 16.3. The van der Waals surface area contributed by atoms with E-state index in [1.165, 1.54) is 0 Å². The van der Waals surface area contributed by atoms with E-state index in [-0.39, 0.29) is 11.9 Å². The first-order valence-corrected chi connectivity index (χ1v) is 9.14. The Balaban J connectivity index is 1.73. The van der Waals surface area contributed by atoms with Crippen molar-refractivity contribution in [3.05, 3.63) is 77.6 Å². The predicted molar refractivity (Wildman–Crippen MR) is 109 cm³/mol. The molecule has 1 N–H and O–H groups in total. The molecule has 27 heavy (non-hydrogen) atoms. The van der Waals surface area contributed by atoms with E-state index in [9.17, 15) is 4.79 Å². The molecule has 0 spiro atoms. The Bertz CT molecular complexity index is 903. The lowest BCUT2D eigenvalue weighted by atomic mass is 10.1. The highest BCUT2D eigenvalue weighted by Gasteiger charge is 2.21. The lowest BCUT2D eigenvalue weighted by Crippen LogP contribution is -2.39. The summed E-state index contributed by atoms with van der Waals surface area (Å²) in [6, 6.07) is 19.4. The van der Waals surface area contributed by atoms with Gasteiger partial charge in [0.25, 0.3) is 0 Å². The van der Waals surface area contributed by atoms with Gasteiger partial charge in [-0.25, -0.2) is 4.68 Å². The number of amides is 1. The summed E-state index contributed by atoms with van der Waals surface area (Å²) in [6.07, 6.45) is 0. The van der Waals surface area contributed by atoms with Gasteiger partial charge in [0.15, 0.2) is 0 Å². The Morgan fingerprint density at radius 3 is 2.30 bits per heavy atom. The van der Waals surface area contributed by atoms with E-state index in [0.717, 1.165) is 28.3 Å². The van der Waals surface area contributed by atoms with Crippen molar-refractivity contribution in [1.82, 2.24) is 14.7 Å². The van der Waals surface area contributed by atoms with Gasteiger partial charge in [0.1, 0.15) is 0 Å². The number of carbonyl (C=O) groups is 1. The van der Waals surface area contributed by atoms with Gasteiger partial charge in [-0.3, -0.25) is 9.69 Å². The number of nitrogens with one attached hydrogen (secondary N) is 1. The molecule has 1 atom stereocenters. The van der Waals surface area contributed by atoms with Crippen molar-refractivity contribution in [1.29, 1.82) is 0 Å². The third kappa shape index (κ3) is 4.26. The molecule has 0 radical (unpaired) electrons. The second-order valence-electron chi connectivity index (χ2n) is 6.84. The van der Waals surface area contributed by atoms with Gasteiger partial charge < -0.3 is 5.32 Å². The molecule has 1 amide bonds. The number of hydrogen-bond donors (Lipinski definition) is 1. The Labute approximate surface area is 160 Å². The number of nitrogens with zero attached hydrogens (tertiary/aromatic N) is 3. The summed E-state index contributed by atoms with van der Waals surface area (Å²) >= 11 is 0. The van der Waals surface area contributed by atoms with Crippen LogP contribution in [0.3, 0.4) is 0 Å². The van der Waals surface area contributed by atoms with Crippen LogP contribution >= 0.6 is 0 Å². The number of benzene rings is 2. The molecule has 2 aromatic carbocycles. The molecule has 0 aliphatic carbocycles. The number of likely N-dealkylation sites (N-methyl/N-ethyl adjacent to an activating group) is 1. The second kappa shape index (κ2) is 8.18. The number of aryl methyl sites for hydroxylation is 1. The molecule has 3 aromatic rings. The molecule has 5 heteroatoms. The van der Waals surface area contributed by atoms with E-state index < -0.39 is 0 Å². The maximum absolute atomic E-state index is 12.6. The van der Waals surface area contributed by atoms with Crippen molar-refractivity contribution in [2.45, 2.75) is 33.4 Å². The number of rotatable bonds is 6. The monoisotopic (exact) mass is 362 g/mol. The molecule has 0 fully saturated rings. The maximum atomic E-state index is 12.6. The van der Waals surface area contributed by atoms with E-state index in [4.69, 9.17) is 5.10 Å². The average Bonchev–Trinajstić information content (AvgIpc) is 2.97. The molecule has 1 heterocycles. The molecule has 3 rings (SSSR count). The molecule has 1 aromatic heterocycles. The fourth-order valence-corrected chi connectivity index (χ4v) is 3.08. The summed E-state index contributed by atoms with van der Waals surface area (Å²) in [7, 11) is 1.97. The molecule has 5 nitrogen and oxygen atoms in total. The highest BCUT2D eigenvalue weighted by molar-refractivity contribution is 5.94. The second-order valence-corrected chi connectivity index (χ2v) is 6.84. The molecule has 0 unspecified atom stereocenters. The van der Waals surface area contributed by atoms with Crippen LogP contribution in [0.5, 0.6) is 0 Å².